The van der Waals surface area contributed by atoms with Gasteiger partial charge in [0.25, 0.3) is 5.91 Å². The number of carbonyl (C=O) groups is 3. The van der Waals surface area contributed by atoms with Crippen LogP contribution in [0, 0.1) is 5.92 Å². The third-order valence-corrected chi connectivity index (χ3v) is 4.29. The molecule has 0 spiro atoms. The van der Waals surface area contributed by atoms with Crippen LogP contribution in [0.4, 0.5) is 0 Å². The smallest absolute Gasteiger partial charge is 0.278 e. The summed E-state index contributed by atoms with van der Waals surface area (Å²) in [5, 5.41) is 27.2. The molecule has 26 heavy (non-hydrogen) atoms. The van der Waals surface area contributed by atoms with Crippen molar-refractivity contribution in [2.24, 2.45) is 11.7 Å². The molecule has 0 saturated carbocycles. The number of rotatable bonds is 9. The average molecular weight is 371 g/mol. The normalized spacial score (nSPS) is 23.9. The third kappa shape index (κ3) is 6.74. The first kappa shape index (κ1) is 22.1. The van der Waals surface area contributed by atoms with Gasteiger partial charge in [0, 0.05) is 31.4 Å². The summed E-state index contributed by atoms with van der Waals surface area (Å²) in [5.74, 6) is -0.928. The fraction of sp³-hybridized carbons (Fsp3) is 0.706. The third-order valence-electron chi connectivity index (χ3n) is 4.29. The number of amides is 3. The maximum absolute atomic E-state index is 12.4. The van der Waals surface area contributed by atoms with E-state index in [1.54, 1.807) is 12.4 Å². The zero-order valence-electron chi connectivity index (χ0n) is 15.6. The minimum absolute atomic E-state index is 0.00752. The molecular weight excluding hydrogens is 340 g/mol. The van der Waals surface area contributed by atoms with Crippen molar-refractivity contribution < 1.29 is 29.9 Å². The zero-order valence-corrected chi connectivity index (χ0v) is 15.6. The second-order valence-corrected chi connectivity index (χ2v) is 7.03. The monoisotopic (exact) mass is 371 g/mol. The van der Waals surface area contributed by atoms with Crippen molar-refractivity contribution in [1.82, 2.24) is 10.6 Å². The lowest BCUT2D eigenvalue weighted by Crippen LogP contribution is -2.89. The lowest BCUT2D eigenvalue weighted by molar-refractivity contribution is -0.651. The molecule has 8 N–H and O–H groups in total. The number of aliphatic hydroxyl groups is 2. The lowest BCUT2D eigenvalue weighted by atomic mass is 9.89. The molecule has 0 aromatic rings. The Hall–Kier alpha value is -1.97. The van der Waals surface area contributed by atoms with Crippen LogP contribution in [0.2, 0.25) is 0 Å². The highest BCUT2D eigenvalue weighted by atomic mass is 16.3. The van der Waals surface area contributed by atoms with Crippen molar-refractivity contribution in [3.8, 4) is 0 Å². The van der Waals surface area contributed by atoms with Gasteiger partial charge < -0.3 is 31.9 Å². The molecule has 0 saturated heterocycles. The van der Waals surface area contributed by atoms with Gasteiger partial charge in [-0.25, -0.2) is 0 Å². The van der Waals surface area contributed by atoms with Crippen molar-refractivity contribution in [3.63, 3.8) is 0 Å². The standard InChI is InChI=1S/C17H30N4O5/c1-9(2)6-12(19-3)17(26)21-11-7-10(8-13(22)15(11)24)16(25)20-5-4-14(18)23/h7,9,11-13,15,19,22,24H,4-6,8H2,1-3H3,(H2,18,23)(H,20,25)(H,21,26)/p+1/t11-,12+,13-,15-/m1/s1. The quantitative estimate of drug-likeness (QED) is 0.257. The van der Waals surface area contributed by atoms with Gasteiger partial charge in [-0.05, 0) is 5.92 Å². The van der Waals surface area contributed by atoms with Crippen LogP contribution in [0.1, 0.15) is 33.1 Å². The first-order chi connectivity index (χ1) is 12.1. The van der Waals surface area contributed by atoms with Crippen LogP contribution in [-0.4, -0.2) is 65.8 Å². The molecule has 1 rings (SSSR count). The van der Waals surface area contributed by atoms with Crippen LogP contribution in [-0.2, 0) is 14.4 Å². The number of aliphatic hydroxyl groups excluding tert-OH is 2. The van der Waals surface area contributed by atoms with E-state index in [2.05, 4.69) is 10.6 Å². The molecule has 3 amide bonds. The molecule has 0 fully saturated rings. The van der Waals surface area contributed by atoms with Crippen molar-refractivity contribution in [2.45, 2.75) is 57.4 Å². The van der Waals surface area contributed by atoms with Gasteiger partial charge in [0.2, 0.25) is 11.8 Å². The second-order valence-electron chi connectivity index (χ2n) is 7.03. The second kappa shape index (κ2) is 10.2. The molecule has 148 valence electrons. The van der Waals surface area contributed by atoms with Gasteiger partial charge in [-0.1, -0.05) is 19.9 Å². The van der Waals surface area contributed by atoms with E-state index in [4.69, 9.17) is 5.73 Å². The topological polar surface area (TPSA) is 158 Å². The number of nitrogens with one attached hydrogen (secondary N) is 2. The van der Waals surface area contributed by atoms with Gasteiger partial charge in [-0.3, -0.25) is 14.4 Å². The van der Waals surface area contributed by atoms with Crippen LogP contribution in [0.5, 0.6) is 0 Å². The molecule has 0 aromatic heterocycles. The number of quaternary nitrogens is 1. The van der Waals surface area contributed by atoms with E-state index in [9.17, 15) is 24.6 Å². The van der Waals surface area contributed by atoms with Crippen LogP contribution in [0.15, 0.2) is 11.6 Å². The van der Waals surface area contributed by atoms with Crippen molar-refractivity contribution in [3.05, 3.63) is 11.6 Å². The summed E-state index contributed by atoms with van der Waals surface area (Å²) < 4.78 is 0. The Kier molecular flexibility index (Phi) is 8.70. The Morgan fingerprint density at radius 3 is 2.54 bits per heavy atom. The highest BCUT2D eigenvalue weighted by Gasteiger charge is 2.35. The molecular formula is C17H31N4O5+. The number of hydrogen-bond donors (Lipinski definition) is 6. The predicted octanol–water partition coefficient (Wildman–Crippen LogP) is -2.88. The first-order valence-corrected chi connectivity index (χ1v) is 8.88. The van der Waals surface area contributed by atoms with Gasteiger partial charge in [0.1, 0.15) is 6.10 Å². The van der Waals surface area contributed by atoms with E-state index in [-0.39, 0.29) is 36.9 Å². The SMILES string of the molecule is C[NH2+][C@@H](CC(C)C)C(=O)N[C@@H]1C=C(C(=O)NCCC(N)=O)C[C@@H](O)[C@@H]1O. The molecule has 9 heteroatoms. The molecule has 1 aliphatic carbocycles. The maximum atomic E-state index is 12.4. The molecule has 0 aromatic carbocycles. The van der Waals surface area contributed by atoms with Gasteiger partial charge in [-0.15, -0.1) is 0 Å². The molecule has 0 unspecified atom stereocenters. The summed E-state index contributed by atoms with van der Waals surface area (Å²) in [6.45, 7) is 4.11. The highest BCUT2D eigenvalue weighted by Crippen LogP contribution is 2.20. The molecule has 4 atom stereocenters. The number of hydrogen-bond acceptors (Lipinski definition) is 5. The highest BCUT2D eigenvalue weighted by molar-refractivity contribution is 5.94. The molecule has 0 aliphatic heterocycles. The van der Waals surface area contributed by atoms with Crippen LogP contribution in [0.3, 0.4) is 0 Å². The molecule has 0 bridgehead atoms. The largest absolute Gasteiger partial charge is 0.390 e. The van der Waals surface area contributed by atoms with E-state index in [1.807, 2.05) is 13.8 Å². The van der Waals surface area contributed by atoms with Crippen LogP contribution >= 0.6 is 0 Å². The zero-order chi connectivity index (χ0) is 19.9. The predicted molar refractivity (Wildman–Crippen MR) is 94.6 cm³/mol. The van der Waals surface area contributed by atoms with E-state index >= 15 is 0 Å². The van der Waals surface area contributed by atoms with Gasteiger partial charge in [0.15, 0.2) is 6.04 Å². The van der Waals surface area contributed by atoms with Crippen molar-refractivity contribution in [1.29, 1.82) is 0 Å². The van der Waals surface area contributed by atoms with Gasteiger partial charge >= 0.3 is 0 Å². The van der Waals surface area contributed by atoms with Crippen molar-refractivity contribution >= 4 is 17.7 Å². The lowest BCUT2D eigenvalue weighted by Gasteiger charge is -2.31. The number of nitrogens with two attached hydrogens (primary N) is 2. The van der Waals surface area contributed by atoms with E-state index < -0.39 is 30.1 Å². The van der Waals surface area contributed by atoms with E-state index in [0.717, 1.165) is 0 Å². The Morgan fingerprint density at radius 1 is 1.35 bits per heavy atom. The summed E-state index contributed by atoms with van der Waals surface area (Å²) in [4.78, 5) is 35.3. The fourth-order valence-electron chi connectivity index (χ4n) is 2.85. The minimum atomic E-state index is -1.20. The van der Waals surface area contributed by atoms with Crippen LogP contribution < -0.4 is 21.7 Å². The summed E-state index contributed by atoms with van der Waals surface area (Å²) in [6.07, 6.45) is -0.276. The van der Waals surface area contributed by atoms with Crippen molar-refractivity contribution in [2.75, 3.05) is 13.6 Å². The van der Waals surface area contributed by atoms with Gasteiger partial charge in [-0.2, -0.15) is 0 Å². The molecule has 9 nitrogen and oxygen atoms in total. The van der Waals surface area contributed by atoms with E-state index in [1.165, 1.54) is 6.08 Å². The molecule has 1 aliphatic rings. The first-order valence-electron chi connectivity index (χ1n) is 8.88. The Balaban J connectivity index is 2.79. The Morgan fingerprint density at radius 2 is 2.00 bits per heavy atom. The number of likely N-dealkylation sites (N-methyl/N-ethyl adjacent to an activating group) is 1. The number of carbonyl (C=O) groups excluding carboxylic acids is 3. The van der Waals surface area contributed by atoms with Gasteiger partial charge in [0.05, 0.1) is 19.2 Å². The van der Waals surface area contributed by atoms with Crippen LogP contribution in [0.25, 0.3) is 0 Å². The summed E-state index contributed by atoms with van der Waals surface area (Å²) in [7, 11) is 1.80. The maximum Gasteiger partial charge on any atom is 0.278 e. The summed E-state index contributed by atoms with van der Waals surface area (Å²) >= 11 is 0. The Bertz CT molecular complexity index is 549. The minimum Gasteiger partial charge on any atom is -0.390 e. The summed E-state index contributed by atoms with van der Waals surface area (Å²) in [6, 6.07) is -1.18. The molecule has 0 heterocycles. The summed E-state index contributed by atoms with van der Waals surface area (Å²) in [5.41, 5.74) is 5.27. The molecule has 0 radical (unpaired) electrons. The van der Waals surface area contributed by atoms with E-state index in [0.29, 0.717) is 12.3 Å². The Labute approximate surface area is 153 Å². The average Bonchev–Trinajstić information content (AvgIpc) is 2.55. The number of primary amides is 1. The fourth-order valence-corrected chi connectivity index (χ4v) is 2.85.